The van der Waals surface area contributed by atoms with E-state index in [9.17, 15) is 9.90 Å². The van der Waals surface area contributed by atoms with Gasteiger partial charge in [-0.15, -0.1) is 0 Å². The van der Waals surface area contributed by atoms with Gasteiger partial charge in [0.25, 0.3) is 0 Å². The number of anilines is 1. The number of likely N-dealkylation sites (N-methyl/N-ethyl adjacent to an activating group) is 1. The van der Waals surface area contributed by atoms with Gasteiger partial charge in [0.1, 0.15) is 0 Å². The highest BCUT2D eigenvalue weighted by molar-refractivity contribution is 5.80. The van der Waals surface area contributed by atoms with Crippen molar-refractivity contribution in [1.82, 2.24) is 0 Å². The molecule has 0 spiro atoms. The fourth-order valence-electron chi connectivity index (χ4n) is 2.46. The molecule has 0 aliphatic heterocycles. The summed E-state index contributed by atoms with van der Waals surface area (Å²) in [5.41, 5.74) is 2.76. The van der Waals surface area contributed by atoms with Gasteiger partial charge in [-0.1, -0.05) is 42.5 Å². The van der Waals surface area contributed by atoms with Gasteiger partial charge in [-0.05, 0) is 37.1 Å². The van der Waals surface area contributed by atoms with E-state index in [1.807, 2.05) is 73.3 Å². The molecule has 0 fully saturated rings. The van der Waals surface area contributed by atoms with E-state index in [2.05, 4.69) is 0 Å². The Morgan fingerprint density at radius 3 is 2.25 bits per heavy atom. The first-order chi connectivity index (χ1) is 9.65. The van der Waals surface area contributed by atoms with Crippen LogP contribution in [0.1, 0.15) is 24.1 Å². The molecular formula is C17H19NO2. The molecule has 104 valence electrons. The summed E-state index contributed by atoms with van der Waals surface area (Å²) in [6.45, 7) is 4.56. The Labute approximate surface area is 119 Å². The first kappa shape index (κ1) is 14.1. The number of carbonyl (C=O) groups is 1. The summed E-state index contributed by atoms with van der Waals surface area (Å²) in [5, 5.41) is 9.67. The number of hydrogen-bond donors (Lipinski definition) is 1. The lowest BCUT2D eigenvalue weighted by Crippen LogP contribution is -2.34. The summed E-state index contributed by atoms with van der Waals surface area (Å²) >= 11 is 0. The van der Waals surface area contributed by atoms with Crippen molar-refractivity contribution >= 4 is 11.7 Å². The van der Waals surface area contributed by atoms with E-state index < -0.39 is 12.0 Å². The summed E-state index contributed by atoms with van der Waals surface area (Å²) in [4.78, 5) is 13.7. The third-order valence-corrected chi connectivity index (χ3v) is 3.46. The number of carboxylic acid groups (broad SMARTS) is 1. The van der Waals surface area contributed by atoms with Crippen molar-refractivity contribution in [1.29, 1.82) is 0 Å². The maximum absolute atomic E-state index is 11.8. The maximum atomic E-state index is 11.8. The van der Waals surface area contributed by atoms with Crippen LogP contribution >= 0.6 is 0 Å². The fraction of sp³-hybridized carbons (Fsp3) is 0.235. The van der Waals surface area contributed by atoms with Crippen molar-refractivity contribution in [2.24, 2.45) is 0 Å². The van der Waals surface area contributed by atoms with Crippen LogP contribution in [0.4, 0.5) is 5.69 Å². The second kappa shape index (κ2) is 6.24. The van der Waals surface area contributed by atoms with Crippen LogP contribution in [0.25, 0.3) is 0 Å². The molecule has 0 aromatic heterocycles. The minimum Gasteiger partial charge on any atom is -0.479 e. The Bertz CT molecular complexity index is 581. The van der Waals surface area contributed by atoms with Gasteiger partial charge < -0.3 is 10.0 Å². The summed E-state index contributed by atoms with van der Waals surface area (Å²) in [5.74, 6) is -0.829. The van der Waals surface area contributed by atoms with Gasteiger partial charge in [-0.3, -0.25) is 0 Å². The van der Waals surface area contributed by atoms with E-state index in [1.54, 1.807) is 0 Å². The highest BCUT2D eigenvalue weighted by Gasteiger charge is 2.27. The monoisotopic (exact) mass is 269 g/mol. The third kappa shape index (κ3) is 2.82. The Balaban J connectivity index is 2.47. The zero-order valence-electron chi connectivity index (χ0n) is 11.8. The van der Waals surface area contributed by atoms with Crippen molar-refractivity contribution in [2.75, 3.05) is 11.4 Å². The lowest BCUT2D eigenvalue weighted by molar-refractivity contribution is -0.138. The first-order valence-electron chi connectivity index (χ1n) is 6.75. The predicted molar refractivity (Wildman–Crippen MR) is 81.0 cm³/mol. The number of nitrogens with zero attached hydrogens (tertiary/aromatic N) is 1. The van der Waals surface area contributed by atoms with E-state index in [-0.39, 0.29) is 0 Å². The minimum absolute atomic E-state index is 0.634. The van der Waals surface area contributed by atoms with Gasteiger partial charge in [-0.2, -0.15) is 0 Å². The van der Waals surface area contributed by atoms with Crippen LogP contribution in [0, 0.1) is 6.92 Å². The molecule has 2 aromatic rings. The van der Waals surface area contributed by atoms with Crippen molar-refractivity contribution in [3.8, 4) is 0 Å². The quantitative estimate of drug-likeness (QED) is 0.900. The molecule has 0 aliphatic rings. The first-order valence-corrected chi connectivity index (χ1v) is 6.75. The second-order valence-electron chi connectivity index (χ2n) is 4.72. The van der Waals surface area contributed by atoms with Gasteiger partial charge in [0, 0.05) is 12.2 Å². The van der Waals surface area contributed by atoms with Crippen LogP contribution < -0.4 is 4.90 Å². The lowest BCUT2D eigenvalue weighted by atomic mass is 9.99. The molecule has 1 unspecified atom stereocenters. The average Bonchev–Trinajstić information content (AvgIpc) is 2.46. The zero-order chi connectivity index (χ0) is 14.5. The van der Waals surface area contributed by atoms with Crippen LogP contribution in [0.3, 0.4) is 0 Å². The molecule has 3 nitrogen and oxygen atoms in total. The predicted octanol–water partition coefficient (Wildman–Crippen LogP) is 3.65. The molecule has 2 rings (SSSR count). The summed E-state index contributed by atoms with van der Waals surface area (Å²) < 4.78 is 0. The van der Waals surface area contributed by atoms with Crippen LogP contribution in [0.15, 0.2) is 54.6 Å². The number of aryl methyl sites for hydroxylation is 1. The number of para-hydroxylation sites is 1. The molecule has 2 aromatic carbocycles. The average molecular weight is 269 g/mol. The van der Waals surface area contributed by atoms with Gasteiger partial charge in [0.05, 0.1) is 0 Å². The lowest BCUT2D eigenvalue weighted by Gasteiger charge is -2.31. The largest absolute Gasteiger partial charge is 0.479 e. The zero-order valence-corrected chi connectivity index (χ0v) is 11.8. The maximum Gasteiger partial charge on any atom is 0.331 e. The number of benzene rings is 2. The molecule has 20 heavy (non-hydrogen) atoms. The van der Waals surface area contributed by atoms with Crippen LogP contribution in [0.2, 0.25) is 0 Å². The Hall–Kier alpha value is -2.29. The van der Waals surface area contributed by atoms with Crippen molar-refractivity contribution in [3.63, 3.8) is 0 Å². The summed E-state index contributed by atoms with van der Waals surface area (Å²) in [6, 6.07) is 16.7. The number of rotatable bonds is 5. The highest BCUT2D eigenvalue weighted by atomic mass is 16.4. The van der Waals surface area contributed by atoms with E-state index >= 15 is 0 Å². The van der Waals surface area contributed by atoms with Crippen LogP contribution in [-0.2, 0) is 4.79 Å². The normalized spacial score (nSPS) is 11.9. The molecular weight excluding hydrogens is 250 g/mol. The summed E-state index contributed by atoms with van der Waals surface area (Å²) in [7, 11) is 0. The number of hydrogen-bond acceptors (Lipinski definition) is 2. The number of aliphatic carboxylic acids is 1. The Kier molecular flexibility index (Phi) is 4.41. The molecule has 0 heterocycles. The molecule has 0 amide bonds. The van der Waals surface area contributed by atoms with Crippen LogP contribution in [0.5, 0.6) is 0 Å². The molecule has 0 aliphatic carbocycles. The topological polar surface area (TPSA) is 40.5 Å². The molecule has 1 atom stereocenters. The third-order valence-electron chi connectivity index (χ3n) is 3.46. The van der Waals surface area contributed by atoms with E-state index in [0.717, 1.165) is 16.8 Å². The number of carboxylic acids is 1. The van der Waals surface area contributed by atoms with Crippen LogP contribution in [-0.4, -0.2) is 17.6 Å². The van der Waals surface area contributed by atoms with Gasteiger partial charge in [-0.25, -0.2) is 4.79 Å². The summed E-state index contributed by atoms with van der Waals surface area (Å²) in [6.07, 6.45) is 0. The van der Waals surface area contributed by atoms with E-state index in [1.165, 1.54) is 0 Å². The molecule has 1 N–H and O–H groups in total. The van der Waals surface area contributed by atoms with Gasteiger partial charge in [0.2, 0.25) is 0 Å². The minimum atomic E-state index is -0.829. The molecule has 0 bridgehead atoms. The highest BCUT2D eigenvalue weighted by Crippen LogP contribution is 2.29. The Morgan fingerprint density at radius 1 is 1.10 bits per heavy atom. The molecule has 0 radical (unpaired) electrons. The van der Waals surface area contributed by atoms with E-state index in [4.69, 9.17) is 0 Å². The van der Waals surface area contributed by atoms with Gasteiger partial charge >= 0.3 is 5.97 Å². The van der Waals surface area contributed by atoms with Crippen molar-refractivity contribution in [3.05, 3.63) is 65.7 Å². The molecule has 3 heteroatoms. The smallest absolute Gasteiger partial charge is 0.331 e. The second-order valence-corrected chi connectivity index (χ2v) is 4.72. The van der Waals surface area contributed by atoms with E-state index in [0.29, 0.717) is 6.54 Å². The molecule has 0 saturated carbocycles. The van der Waals surface area contributed by atoms with Crippen molar-refractivity contribution < 1.29 is 9.90 Å². The van der Waals surface area contributed by atoms with Crippen molar-refractivity contribution in [2.45, 2.75) is 19.9 Å². The fourth-order valence-corrected chi connectivity index (χ4v) is 2.46. The SMILES string of the molecule is CCN(c1ccccc1)C(C(=O)O)c1ccccc1C. The molecule has 0 saturated heterocycles. The van der Waals surface area contributed by atoms with Gasteiger partial charge in [0.15, 0.2) is 6.04 Å². The standard InChI is InChI=1S/C17H19NO2/c1-3-18(14-10-5-4-6-11-14)16(17(19)20)15-12-8-7-9-13(15)2/h4-12,16H,3H2,1-2H3,(H,19,20). The Morgan fingerprint density at radius 2 is 1.70 bits per heavy atom.